The number of aromatic nitrogens is 1. The van der Waals surface area contributed by atoms with Crippen LogP contribution >= 0.6 is 0 Å². The molecule has 4 nitrogen and oxygen atoms in total. The van der Waals surface area contributed by atoms with Gasteiger partial charge >= 0.3 is 5.97 Å². The number of rotatable bonds is 2. The van der Waals surface area contributed by atoms with Crippen molar-refractivity contribution in [2.45, 2.75) is 6.92 Å². The smallest absolute Gasteiger partial charge is 0.343 e. The summed E-state index contributed by atoms with van der Waals surface area (Å²) >= 11 is 0. The highest BCUT2D eigenvalue weighted by Crippen LogP contribution is 2.19. The normalized spacial score (nSPS) is 13.8. The number of carbonyl (C=O) groups is 2. The fourth-order valence-electron chi connectivity index (χ4n) is 1.39. The summed E-state index contributed by atoms with van der Waals surface area (Å²) in [6.07, 6.45) is 3.17. The Morgan fingerprint density at radius 3 is 3.00 bits per heavy atom. The molecule has 1 aromatic heterocycles. The lowest BCUT2D eigenvalue weighted by Crippen LogP contribution is -2.16. The SMILES string of the molecule is CCOC(=O)C1=Cc2cccn2C1=O. The van der Waals surface area contributed by atoms with Gasteiger partial charge in [0.25, 0.3) is 5.91 Å². The van der Waals surface area contributed by atoms with E-state index in [0.29, 0.717) is 0 Å². The van der Waals surface area contributed by atoms with Crippen LogP contribution in [0.4, 0.5) is 0 Å². The van der Waals surface area contributed by atoms with Crippen LogP contribution < -0.4 is 0 Å². The monoisotopic (exact) mass is 191 g/mol. The number of hydrogen-bond donors (Lipinski definition) is 0. The maximum Gasteiger partial charge on any atom is 0.343 e. The van der Waals surface area contributed by atoms with Crippen molar-refractivity contribution < 1.29 is 14.3 Å². The molecule has 0 aromatic carbocycles. The van der Waals surface area contributed by atoms with Crippen LogP contribution in [0.1, 0.15) is 17.4 Å². The average molecular weight is 191 g/mol. The van der Waals surface area contributed by atoms with Crippen LogP contribution in [0.15, 0.2) is 23.9 Å². The second-order valence-corrected chi connectivity index (χ2v) is 2.89. The number of carbonyl (C=O) groups excluding carboxylic acids is 2. The first-order valence-electron chi connectivity index (χ1n) is 4.35. The zero-order chi connectivity index (χ0) is 10.1. The van der Waals surface area contributed by atoms with Gasteiger partial charge in [0, 0.05) is 11.9 Å². The molecule has 0 atom stereocenters. The van der Waals surface area contributed by atoms with E-state index in [1.165, 1.54) is 4.57 Å². The second-order valence-electron chi connectivity index (χ2n) is 2.89. The Hall–Kier alpha value is -1.84. The molecular weight excluding hydrogens is 182 g/mol. The molecule has 0 radical (unpaired) electrons. The van der Waals surface area contributed by atoms with Gasteiger partial charge in [-0.1, -0.05) is 0 Å². The van der Waals surface area contributed by atoms with Crippen molar-refractivity contribution in [2.24, 2.45) is 0 Å². The first-order chi connectivity index (χ1) is 6.74. The Morgan fingerprint density at radius 2 is 2.36 bits per heavy atom. The molecule has 0 unspecified atom stereocenters. The molecule has 4 heteroatoms. The van der Waals surface area contributed by atoms with E-state index in [2.05, 4.69) is 0 Å². The van der Waals surface area contributed by atoms with E-state index in [1.807, 2.05) is 0 Å². The van der Waals surface area contributed by atoms with Crippen LogP contribution in [0.25, 0.3) is 6.08 Å². The third-order valence-electron chi connectivity index (χ3n) is 2.02. The van der Waals surface area contributed by atoms with Crippen LogP contribution in [-0.2, 0) is 9.53 Å². The van der Waals surface area contributed by atoms with Crippen molar-refractivity contribution >= 4 is 18.0 Å². The number of ether oxygens (including phenoxy) is 1. The largest absolute Gasteiger partial charge is 0.462 e. The van der Waals surface area contributed by atoms with Gasteiger partial charge in [0.1, 0.15) is 5.57 Å². The summed E-state index contributed by atoms with van der Waals surface area (Å²) in [5.41, 5.74) is 0.820. The molecule has 14 heavy (non-hydrogen) atoms. The molecular formula is C10H9NO3. The zero-order valence-electron chi connectivity index (χ0n) is 7.69. The van der Waals surface area contributed by atoms with Crippen molar-refractivity contribution in [3.05, 3.63) is 29.6 Å². The van der Waals surface area contributed by atoms with E-state index in [9.17, 15) is 9.59 Å². The summed E-state index contributed by atoms with van der Waals surface area (Å²) in [7, 11) is 0. The van der Waals surface area contributed by atoms with Gasteiger partial charge in [0.15, 0.2) is 0 Å². The fourth-order valence-corrected chi connectivity index (χ4v) is 1.39. The molecule has 2 heterocycles. The molecule has 1 aliphatic heterocycles. The highest BCUT2D eigenvalue weighted by atomic mass is 16.5. The van der Waals surface area contributed by atoms with Crippen molar-refractivity contribution in [3.63, 3.8) is 0 Å². The van der Waals surface area contributed by atoms with E-state index in [-0.39, 0.29) is 18.1 Å². The minimum atomic E-state index is -0.554. The predicted octanol–water partition coefficient (Wildman–Crippen LogP) is 1.09. The number of fused-ring (bicyclic) bond motifs is 1. The highest BCUT2D eigenvalue weighted by molar-refractivity contribution is 6.23. The van der Waals surface area contributed by atoms with Gasteiger partial charge in [-0.2, -0.15) is 0 Å². The molecule has 0 fully saturated rings. The molecule has 0 bridgehead atoms. The molecule has 0 saturated carbocycles. The zero-order valence-corrected chi connectivity index (χ0v) is 7.69. The molecule has 0 amide bonds. The van der Waals surface area contributed by atoms with E-state index < -0.39 is 5.97 Å². The lowest BCUT2D eigenvalue weighted by molar-refractivity contribution is -0.137. The maximum absolute atomic E-state index is 11.6. The highest BCUT2D eigenvalue weighted by Gasteiger charge is 2.27. The molecule has 0 N–H and O–H groups in total. The number of nitrogens with zero attached hydrogens (tertiary/aromatic N) is 1. The van der Waals surface area contributed by atoms with Gasteiger partial charge in [-0.3, -0.25) is 9.36 Å². The van der Waals surface area contributed by atoms with E-state index >= 15 is 0 Å². The first kappa shape index (κ1) is 8.74. The third kappa shape index (κ3) is 1.16. The Labute approximate surface area is 80.8 Å². The lowest BCUT2D eigenvalue weighted by atomic mass is 10.2. The number of hydrogen-bond acceptors (Lipinski definition) is 3. The summed E-state index contributed by atoms with van der Waals surface area (Å²) in [5.74, 6) is -0.871. The minimum Gasteiger partial charge on any atom is -0.462 e. The summed E-state index contributed by atoms with van der Waals surface area (Å²) < 4.78 is 6.18. The van der Waals surface area contributed by atoms with Gasteiger partial charge in [-0.15, -0.1) is 0 Å². The Morgan fingerprint density at radius 1 is 1.57 bits per heavy atom. The predicted molar refractivity (Wildman–Crippen MR) is 49.7 cm³/mol. The topological polar surface area (TPSA) is 48.3 Å². The summed E-state index contributed by atoms with van der Waals surface area (Å²) in [5, 5.41) is 0. The third-order valence-corrected chi connectivity index (χ3v) is 2.02. The quantitative estimate of drug-likeness (QED) is 0.519. The van der Waals surface area contributed by atoms with Crippen LogP contribution in [0, 0.1) is 0 Å². The summed E-state index contributed by atoms with van der Waals surface area (Å²) in [6.45, 7) is 1.98. The summed E-state index contributed by atoms with van der Waals surface area (Å²) in [6, 6.07) is 3.52. The van der Waals surface area contributed by atoms with Crippen molar-refractivity contribution in [3.8, 4) is 0 Å². The van der Waals surface area contributed by atoms with Crippen molar-refractivity contribution in [1.82, 2.24) is 4.57 Å². The van der Waals surface area contributed by atoms with Gasteiger partial charge in [0.2, 0.25) is 0 Å². The Kier molecular flexibility index (Phi) is 1.96. The van der Waals surface area contributed by atoms with E-state index in [0.717, 1.165) is 5.69 Å². The second kappa shape index (κ2) is 3.14. The standard InChI is InChI=1S/C10H9NO3/c1-2-14-10(13)8-6-7-4-3-5-11(7)9(8)12/h3-6H,2H2,1H3. The van der Waals surface area contributed by atoms with Gasteiger partial charge in [0.05, 0.1) is 6.61 Å². The van der Waals surface area contributed by atoms with Gasteiger partial charge in [-0.05, 0) is 25.1 Å². The van der Waals surface area contributed by atoms with Crippen LogP contribution in [0.3, 0.4) is 0 Å². The fraction of sp³-hybridized carbons (Fsp3) is 0.200. The summed E-state index contributed by atoms with van der Waals surface area (Å²) in [4.78, 5) is 22.9. The molecule has 0 saturated heterocycles. The average Bonchev–Trinajstić information content (AvgIpc) is 2.69. The minimum absolute atomic E-state index is 0.0995. The lowest BCUT2D eigenvalue weighted by Gasteiger charge is -2.00. The van der Waals surface area contributed by atoms with Crippen molar-refractivity contribution in [1.29, 1.82) is 0 Å². The van der Waals surface area contributed by atoms with Gasteiger partial charge in [-0.25, -0.2) is 4.79 Å². The van der Waals surface area contributed by atoms with E-state index in [4.69, 9.17) is 4.74 Å². The maximum atomic E-state index is 11.6. The molecule has 1 aliphatic rings. The molecule has 1 aromatic rings. The van der Waals surface area contributed by atoms with Crippen LogP contribution in [-0.4, -0.2) is 23.1 Å². The van der Waals surface area contributed by atoms with E-state index in [1.54, 1.807) is 31.3 Å². The molecule has 72 valence electrons. The van der Waals surface area contributed by atoms with Crippen LogP contribution in [0.2, 0.25) is 0 Å². The molecule has 0 spiro atoms. The molecule has 2 rings (SSSR count). The van der Waals surface area contributed by atoms with Gasteiger partial charge < -0.3 is 4.74 Å². The van der Waals surface area contributed by atoms with Crippen LogP contribution in [0.5, 0.6) is 0 Å². The first-order valence-corrected chi connectivity index (χ1v) is 4.35. The number of esters is 1. The molecule has 0 aliphatic carbocycles. The van der Waals surface area contributed by atoms with Crippen molar-refractivity contribution in [2.75, 3.05) is 6.61 Å². The Balaban J connectivity index is 2.30. The Bertz CT molecular complexity index is 428.